The fourth-order valence-electron chi connectivity index (χ4n) is 1.54. The van der Waals surface area contributed by atoms with E-state index in [1.54, 1.807) is 0 Å². The van der Waals surface area contributed by atoms with Gasteiger partial charge in [-0.1, -0.05) is 0 Å². The van der Waals surface area contributed by atoms with Crippen LogP contribution in [0.3, 0.4) is 0 Å². The Morgan fingerprint density at radius 1 is 1.57 bits per heavy atom. The highest BCUT2D eigenvalue weighted by molar-refractivity contribution is 8.00. The van der Waals surface area contributed by atoms with E-state index in [2.05, 4.69) is 12.2 Å². The Morgan fingerprint density at radius 2 is 2.29 bits per heavy atom. The Morgan fingerprint density at radius 3 is 2.79 bits per heavy atom. The van der Waals surface area contributed by atoms with Gasteiger partial charge in [0.1, 0.15) is 0 Å². The first-order valence-corrected chi connectivity index (χ1v) is 7.47. The lowest BCUT2D eigenvalue weighted by molar-refractivity contribution is 0.543. The van der Waals surface area contributed by atoms with Crippen molar-refractivity contribution in [1.82, 2.24) is 5.32 Å². The van der Waals surface area contributed by atoms with E-state index in [0.29, 0.717) is 11.3 Å². The molecule has 0 bridgehead atoms. The first kappa shape index (κ1) is 12.3. The molecule has 0 aromatic heterocycles. The molecule has 84 valence electrons. The van der Waals surface area contributed by atoms with Gasteiger partial charge in [-0.25, -0.2) is 13.6 Å². The van der Waals surface area contributed by atoms with Crippen LogP contribution in [-0.4, -0.2) is 37.8 Å². The van der Waals surface area contributed by atoms with Crippen molar-refractivity contribution in [1.29, 1.82) is 0 Å². The summed E-state index contributed by atoms with van der Waals surface area (Å²) in [6.07, 6.45) is 2.47. The zero-order valence-electron chi connectivity index (χ0n) is 8.45. The van der Waals surface area contributed by atoms with Gasteiger partial charge in [0, 0.05) is 17.8 Å². The third-order valence-electron chi connectivity index (χ3n) is 2.36. The van der Waals surface area contributed by atoms with Gasteiger partial charge in [-0.3, -0.25) is 0 Å². The highest BCUT2D eigenvalue weighted by Gasteiger charge is 2.28. The monoisotopic (exact) mass is 238 g/mol. The van der Waals surface area contributed by atoms with Crippen LogP contribution in [0.4, 0.5) is 0 Å². The topological polar surface area (TPSA) is 72.2 Å². The van der Waals surface area contributed by atoms with Crippen molar-refractivity contribution in [3.8, 4) is 0 Å². The number of hydrogen-bond acceptors (Lipinski definition) is 4. The molecule has 0 aromatic carbocycles. The van der Waals surface area contributed by atoms with Crippen LogP contribution < -0.4 is 10.5 Å². The summed E-state index contributed by atoms with van der Waals surface area (Å²) in [5.41, 5.74) is 0. The number of primary sulfonamides is 1. The normalized spacial score (nSPS) is 28.1. The maximum Gasteiger partial charge on any atom is 0.210 e. The average molecular weight is 238 g/mol. The first-order chi connectivity index (χ1) is 6.41. The molecular weight excluding hydrogens is 220 g/mol. The Balaban J connectivity index is 2.15. The smallest absolute Gasteiger partial charge is 0.210 e. The second-order valence-corrected chi connectivity index (χ2v) is 7.36. The van der Waals surface area contributed by atoms with Gasteiger partial charge in [0.15, 0.2) is 0 Å². The molecule has 1 fully saturated rings. The van der Waals surface area contributed by atoms with Crippen LogP contribution >= 0.6 is 11.8 Å². The standard InChI is InChI=1S/C8H18N2O2S2/c1-8(3-2-5-13-8)7-10-4-6-14(9,11)12/h10H,2-7H2,1H3,(H2,9,11,12). The third kappa shape index (κ3) is 4.63. The zero-order chi connectivity index (χ0) is 10.7. The summed E-state index contributed by atoms with van der Waals surface area (Å²) in [5, 5.41) is 8.03. The Kier molecular flexibility index (Phi) is 4.24. The van der Waals surface area contributed by atoms with E-state index in [0.717, 1.165) is 6.54 Å². The number of sulfonamides is 1. The van der Waals surface area contributed by atoms with Gasteiger partial charge in [0.05, 0.1) is 5.75 Å². The van der Waals surface area contributed by atoms with Crippen molar-refractivity contribution in [2.45, 2.75) is 24.5 Å². The van der Waals surface area contributed by atoms with E-state index in [1.807, 2.05) is 11.8 Å². The SMILES string of the molecule is CC1(CNCCS(N)(=O)=O)CCCS1. The quantitative estimate of drug-likeness (QED) is 0.669. The Labute approximate surface area is 90.1 Å². The average Bonchev–Trinajstić information content (AvgIpc) is 2.45. The molecule has 0 spiro atoms. The molecule has 1 saturated heterocycles. The highest BCUT2D eigenvalue weighted by Crippen LogP contribution is 2.36. The van der Waals surface area contributed by atoms with E-state index >= 15 is 0 Å². The minimum absolute atomic E-state index is 0.0216. The molecule has 1 atom stereocenters. The second-order valence-electron chi connectivity index (χ2n) is 3.95. The van der Waals surface area contributed by atoms with E-state index < -0.39 is 10.0 Å². The Bertz CT molecular complexity index is 271. The maximum absolute atomic E-state index is 10.6. The first-order valence-electron chi connectivity index (χ1n) is 4.76. The van der Waals surface area contributed by atoms with E-state index in [1.165, 1.54) is 18.6 Å². The number of thioether (sulfide) groups is 1. The van der Waals surface area contributed by atoms with Gasteiger partial charge >= 0.3 is 0 Å². The molecule has 4 nitrogen and oxygen atoms in total. The molecule has 6 heteroatoms. The summed E-state index contributed by atoms with van der Waals surface area (Å²) in [5.74, 6) is 1.24. The predicted octanol–water partition coefficient (Wildman–Crippen LogP) is 0.150. The van der Waals surface area contributed by atoms with Gasteiger partial charge in [-0.05, 0) is 25.5 Å². The summed E-state index contributed by atoms with van der Waals surface area (Å²) < 4.78 is 21.6. The Hall–Kier alpha value is 0.220. The van der Waals surface area contributed by atoms with Crippen molar-refractivity contribution in [3.63, 3.8) is 0 Å². The van der Waals surface area contributed by atoms with Crippen LogP contribution in [0.25, 0.3) is 0 Å². The minimum atomic E-state index is -3.31. The number of nitrogens with one attached hydrogen (secondary N) is 1. The molecule has 3 N–H and O–H groups in total. The lowest BCUT2D eigenvalue weighted by Crippen LogP contribution is -2.36. The van der Waals surface area contributed by atoms with Crippen LogP contribution in [0.15, 0.2) is 0 Å². The van der Waals surface area contributed by atoms with Crippen LogP contribution in [0.1, 0.15) is 19.8 Å². The molecule has 0 saturated carbocycles. The molecule has 1 heterocycles. The predicted molar refractivity (Wildman–Crippen MR) is 60.9 cm³/mol. The number of nitrogens with two attached hydrogens (primary N) is 1. The molecule has 1 unspecified atom stereocenters. The molecule has 0 aromatic rings. The number of rotatable bonds is 5. The van der Waals surface area contributed by atoms with Crippen molar-refractivity contribution >= 4 is 21.8 Å². The second kappa shape index (κ2) is 4.83. The minimum Gasteiger partial charge on any atom is -0.314 e. The van der Waals surface area contributed by atoms with Gasteiger partial charge < -0.3 is 5.32 Å². The lowest BCUT2D eigenvalue weighted by Gasteiger charge is -2.22. The third-order valence-corrected chi connectivity index (χ3v) is 4.67. The number of hydrogen-bond donors (Lipinski definition) is 2. The van der Waals surface area contributed by atoms with Crippen LogP contribution in [0.5, 0.6) is 0 Å². The molecule has 14 heavy (non-hydrogen) atoms. The molecule has 0 amide bonds. The van der Waals surface area contributed by atoms with Gasteiger partial charge in [0.2, 0.25) is 10.0 Å². The summed E-state index contributed by atoms with van der Waals surface area (Å²) in [4.78, 5) is 0. The molecule has 0 radical (unpaired) electrons. The van der Waals surface area contributed by atoms with Crippen molar-refractivity contribution in [2.24, 2.45) is 5.14 Å². The fourth-order valence-corrected chi connectivity index (χ4v) is 3.25. The van der Waals surface area contributed by atoms with Crippen molar-refractivity contribution in [2.75, 3.05) is 24.6 Å². The molecule has 1 aliphatic heterocycles. The summed E-state index contributed by atoms with van der Waals surface area (Å²) in [7, 11) is -3.31. The zero-order valence-corrected chi connectivity index (χ0v) is 10.1. The van der Waals surface area contributed by atoms with Crippen molar-refractivity contribution in [3.05, 3.63) is 0 Å². The van der Waals surface area contributed by atoms with Gasteiger partial charge in [0.25, 0.3) is 0 Å². The summed E-state index contributed by atoms with van der Waals surface area (Å²) >= 11 is 1.96. The fraction of sp³-hybridized carbons (Fsp3) is 1.00. The van der Waals surface area contributed by atoms with Crippen molar-refractivity contribution < 1.29 is 8.42 Å². The van der Waals surface area contributed by atoms with Gasteiger partial charge in [-0.2, -0.15) is 11.8 Å². The van der Waals surface area contributed by atoms with E-state index in [9.17, 15) is 8.42 Å². The summed E-state index contributed by atoms with van der Waals surface area (Å²) in [6, 6.07) is 0. The van der Waals surface area contributed by atoms with E-state index in [-0.39, 0.29) is 5.75 Å². The molecular formula is C8H18N2O2S2. The lowest BCUT2D eigenvalue weighted by atomic mass is 10.1. The van der Waals surface area contributed by atoms with E-state index in [4.69, 9.17) is 5.14 Å². The van der Waals surface area contributed by atoms with Gasteiger partial charge in [-0.15, -0.1) is 0 Å². The van der Waals surface area contributed by atoms with Crippen LogP contribution in [0.2, 0.25) is 0 Å². The highest BCUT2D eigenvalue weighted by atomic mass is 32.2. The van der Waals surface area contributed by atoms with Crippen LogP contribution in [0, 0.1) is 0 Å². The molecule has 1 aliphatic rings. The summed E-state index contributed by atoms with van der Waals surface area (Å²) in [6.45, 7) is 3.54. The largest absolute Gasteiger partial charge is 0.314 e. The molecule has 0 aliphatic carbocycles. The molecule has 1 rings (SSSR count). The maximum atomic E-state index is 10.6. The van der Waals surface area contributed by atoms with Crippen LogP contribution in [-0.2, 0) is 10.0 Å².